The van der Waals surface area contributed by atoms with Crippen molar-refractivity contribution < 1.29 is 9.31 Å². The molecule has 0 N–H and O–H groups in total. The highest BCUT2D eigenvalue weighted by Crippen LogP contribution is 2.13. The van der Waals surface area contributed by atoms with Crippen LogP contribution in [0.2, 0.25) is 0 Å². The van der Waals surface area contributed by atoms with Crippen LogP contribution in [0.3, 0.4) is 0 Å². The first-order valence-electron chi connectivity index (χ1n) is 7.26. The molecule has 11 heteroatoms. The van der Waals surface area contributed by atoms with Crippen molar-refractivity contribution >= 4 is 7.69 Å². The number of rotatable bonds is 6. The molecule has 10 nitrogen and oxygen atoms in total. The van der Waals surface area contributed by atoms with Gasteiger partial charge in [0.25, 0.3) is 0 Å². The molecule has 0 aliphatic rings. The second kappa shape index (κ2) is 6.78. The van der Waals surface area contributed by atoms with E-state index in [0.717, 1.165) is 0 Å². The second-order valence-corrected chi connectivity index (χ2v) is 4.79. The second-order valence-electron chi connectivity index (χ2n) is 4.79. The quantitative estimate of drug-likeness (QED) is 0.466. The molecule has 4 rings (SSSR count). The lowest BCUT2D eigenvalue weighted by Gasteiger charge is -2.08. The highest BCUT2D eigenvalue weighted by molar-refractivity contribution is 6.20. The van der Waals surface area contributed by atoms with Crippen LogP contribution in [-0.4, -0.2) is 47.2 Å². The van der Waals surface area contributed by atoms with Crippen molar-refractivity contribution in [3.05, 3.63) is 62.0 Å². The average molecular weight is 334 g/mol. The lowest BCUT2D eigenvalue weighted by atomic mass is 10.3. The molecule has 0 aliphatic heterocycles. The summed E-state index contributed by atoms with van der Waals surface area (Å²) in [4.78, 5) is 16.2. The fourth-order valence-corrected chi connectivity index (χ4v) is 2.01. The molecule has 0 radical (unpaired) electrons. The van der Waals surface area contributed by atoms with Crippen molar-refractivity contribution in [1.82, 2.24) is 39.5 Å². The van der Waals surface area contributed by atoms with Gasteiger partial charge >= 0.3 is 7.69 Å². The first-order valence-corrected chi connectivity index (χ1v) is 7.26. The molecule has 0 saturated carbocycles. The van der Waals surface area contributed by atoms with Gasteiger partial charge in [0.1, 0.15) is 36.8 Å². The maximum atomic E-state index is 5.50. The lowest BCUT2D eigenvalue weighted by molar-refractivity contribution is 0.456. The van der Waals surface area contributed by atoms with Crippen molar-refractivity contribution in [2.45, 2.75) is 0 Å². The molecule has 0 saturated heterocycles. The van der Waals surface area contributed by atoms with Gasteiger partial charge < -0.3 is 9.31 Å². The summed E-state index contributed by atoms with van der Waals surface area (Å²) in [6, 6.07) is 7.11. The third-order valence-corrected chi connectivity index (χ3v) is 3.20. The summed E-state index contributed by atoms with van der Waals surface area (Å²) in [5.74, 6) is 2.46. The van der Waals surface area contributed by atoms with E-state index in [0.29, 0.717) is 23.1 Å². The molecule has 0 aliphatic carbocycles. The van der Waals surface area contributed by atoms with Crippen LogP contribution in [-0.2, 0) is 0 Å². The molecule has 0 fully saturated rings. The largest absolute Gasteiger partial charge is 0.576 e. The predicted octanol–water partition coefficient (Wildman–Crippen LogP) is 0.362. The summed E-state index contributed by atoms with van der Waals surface area (Å²) in [6.45, 7) is 0. The van der Waals surface area contributed by atoms with Gasteiger partial charge in [-0.3, -0.25) is 0 Å². The SMILES string of the molecule is B(Oc1ccc(-n2cncn2)nc1)Oc1ccc(-n2cncn2)nc1. The first kappa shape index (κ1) is 14.8. The van der Waals surface area contributed by atoms with Crippen LogP contribution in [0.15, 0.2) is 62.0 Å². The molecule has 0 spiro atoms. The average Bonchev–Trinajstić information content (AvgIpc) is 3.37. The van der Waals surface area contributed by atoms with Crippen LogP contribution in [0.4, 0.5) is 0 Å². The summed E-state index contributed by atoms with van der Waals surface area (Å²) in [5, 5.41) is 8.01. The molecule has 4 heterocycles. The molecule has 4 aromatic heterocycles. The first-order chi connectivity index (χ1) is 12.4. The van der Waals surface area contributed by atoms with Crippen molar-refractivity contribution in [3.63, 3.8) is 0 Å². The van der Waals surface area contributed by atoms with E-state index in [4.69, 9.17) is 9.31 Å². The van der Waals surface area contributed by atoms with Crippen LogP contribution in [0, 0.1) is 0 Å². The van der Waals surface area contributed by atoms with Crippen molar-refractivity contribution in [1.29, 1.82) is 0 Å². The van der Waals surface area contributed by atoms with Gasteiger partial charge in [0.15, 0.2) is 11.6 Å². The van der Waals surface area contributed by atoms with Crippen LogP contribution >= 0.6 is 0 Å². The van der Waals surface area contributed by atoms with Gasteiger partial charge in [-0.05, 0) is 24.3 Å². The summed E-state index contributed by atoms with van der Waals surface area (Å²) in [5.41, 5.74) is 0. The maximum Gasteiger partial charge on any atom is 0.576 e. The Labute approximate surface area is 142 Å². The summed E-state index contributed by atoms with van der Waals surface area (Å²) in [7, 11) is 0.0364. The minimum Gasteiger partial charge on any atom is -0.527 e. The van der Waals surface area contributed by atoms with E-state index in [2.05, 4.69) is 30.1 Å². The molecule has 0 bridgehead atoms. The molecular formula is C14H11BN8O2. The van der Waals surface area contributed by atoms with Crippen LogP contribution in [0.25, 0.3) is 11.6 Å². The molecule has 0 aromatic carbocycles. The number of hydrogen-bond acceptors (Lipinski definition) is 8. The summed E-state index contributed by atoms with van der Waals surface area (Å²) >= 11 is 0. The van der Waals surface area contributed by atoms with E-state index in [1.807, 2.05) is 0 Å². The van der Waals surface area contributed by atoms with E-state index in [1.54, 1.807) is 58.7 Å². The van der Waals surface area contributed by atoms with Gasteiger partial charge in [-0.1, -0.05) is 0 Å². The van der Waals surface area contributed by atoms with Crippen LogP contribution in [0.5, 0.6) is 11.5 Å². The molecule has 25 heavy (non-hydrogen) atoms. The van der Waals surface area contributed by atoms with Crippen molar-refractivity contribution in [2.24, 2.45) is 0 Å². The topological polar surface area (TPSA) is 106 Å². The maximum absolute atomic E-state index is 5.50. The van der Waals surface area contributed by atoms with E-state index in [1.165, 1.54) is 12.7 Å². The van der Waals surface area contributed by atoms with Gasteiger partial charge in [0.2, 0.25) is 0 Å². The number of hydrogen-bond donors (Lipinski definition) is 0. The smallest absolute Gasteiger partial charge is 0.527 e. The van der Waals surface area contributed by atoms with E-state index >= 15 is 0 Å². The van der Waals surface area contributed by atoms with E-state index in [9.17, 15) is 0 Å². The highest BCUT2D eigenvalue weighted by Gasteiger charge is 2.04. The molecular weight excluding hydrogens is 323 g/mol. The van der Waals surface area contributed by atoms with E-state index < -0.39 is 0 Å². The van der Waals surface area contributed by atoms with Gasteiger partial charge in [-0.2, -0.15) is 10.2 Å². The highest BCUT2D eigenvalue weighted by atomic mass is 16.6. The standard InChI is InChI=1S/C14H11BN8O2/c1-3-13(22-9-16-7-20-22)18-5-11(1)24-15-25-12-2-4-14(19-6-12)23-10-17-8-21-23/h1-10,15H. The Balaban J connectivity index is 1.31. The fourth-order valence-electron chi connectivity index (χ4n) is 2.01. The molecule has 4 aromatic rings. The zero-order valence-corrected chi connectivity index (χ0v) is 12.9. The molecule has 0 atom stereocenters. The minimum atomic E-state index is 0.0364. The lowest BCUT2D eigenvalue weighted by Crippen LogP contribution is -2.11. The Hall–Kier alpha value is -3.76. The Morgan fingerprint density at radius 1 is 0.720 bits per heavy atom. The zero-order valence-electron chi connectivity index (χ0n) is 12.9. The fraction of sp³-hybridized carbons (Fsp3) is 0. The molecule has 0 amide bonds. The minimum absolute atomic E-state index is 0.0364. The Morgan fingerprint density at radius 2 is 1.24 bits per heavy atom. The monoisotopic (exact) mass is 334 g/mol. The van der Waals surface area contributed by atoms with Crippen molar-refractivity contribution in [3.8, 4) is 23.1 Å². The third kappa shape index (κ3) is 3.44. The summed E-state index contributed by atoms with van der Waals surface area (Å²) in [6.07, 6.45) is 9.22. The number of pyridine rings is 2. The Kier molecular flexibility index (Phi) is 4.02. The molecule has 122 valence electrons. The number of aromatic nitrogens is 8. The zero-order chi connectivity index (χ0) is 16.9. The van der Waals surface area contributed by atoms with Crippen LogP contribution in [0.1, 0.15) is 0 Å². The number of nitrogens with zero attached hydrogens (tertiary/aromatic N) is 8. The van der Waals surface area contributed by atoms with Crippen LogP contribution < -0.4 is 9.31 Å². The third-order valence-electron chi connectivity index (χ3n) is 3.20. The van der Waals surface area contributed by atoms with Gasteiger partial charge in [0.05, 0.1) is 12.4 Å². The molecule has 0 unspecified atom stereocenters. The van der Waals surface area contributed by atoms with Crippen molar-refractivity contribution in [2.75, 3.05) is 0 Å². The normalized spacial score (nSPS) is 10.4. The van der Waals surface area contributed by atoms with Gasteiger partial charge in [-0.15, -0.1) is 0 Å². The van der Waals surface area contributed by atoms with Gasteiger partial charge in [0, 0.05) is 0 Å². The Morgan fingerprint density at radius 3 is 1.60 bits per heavy atom. The van der Waals surface area contributed by atoms with Gasteiger partial charge in [-0.25, -0.2) is 29.3 Å². The Bertz CT molecular complexity index is 833. The predicted molar refractivity (Wildman–Crippen MR) is 86.7 cm³/mol. The van der Waals surface area contributed by atoms with E-state index in [-0.39, 0.29) is 7.69 Å². The summed E-state index contributed by atoms with van der Waals surface area (Å²) < 4.78 is 14.1.